The zero-order valence-corrected chi connectivity index (χ0v) is 12.9. The van der Waals surface area contributed by atoms with Gasteiger partial charge >= 0.3 is 0 Å². The SMILES string of the molecule is CCCNc1cc(NC(C)c2ccc(OC)cc2)ccn1. The molecule has 2 rings (SSSR count). The third-order valence-corrected chi connectivity index (χ3v) is 3.32. The number of pyridine rings is 1. The first kappa shape index (κ1) is 15.2. The Hall–Kier alpha value is -2.23. The molecule has 0 saturated carbocycles. The third kappa shape index (κ3) is 4.38. The smallest absolute Gasteiger partial charge is 0.127 e. The van der Waals surface area contributed by atoms with Gasteiger partial charge in [0.2, 0.25) is 0 Å². The van der Waals surface area contributed by atoms with Crippen LogP contribution in [0.4, 0.5) is 11.5 Å². The number of aromatic nitrogens is 1. The van der Waals surface area contributed by atoms with Gasteiger partial charge in [-0.15, -0.1) is 0 Å². The van der Waals surface area contributed by atoms with Crippen molar-refractivity contribution in [3.05, 3.63) is 48.2 Å². The first-order valence-corrected chi connectivity index (χ1v) is 7.33. The monoisotopic (exact) mass is 285 g/mol. The van der Waals surface area contributed by atoms with Crippen LogP contribution in [-0.4, -0.2) is 18.6 Å². The normalized spacial score (nSPS) is 11.8. The summed E-state index contributed by atoms with van der Waals surface area (Å²) < 4.78 is 5.18. The molecule has 0 aliphatic rings. The maximum Gasteiger partial charge on any atom is 0.127 e. The predicted molar refractivity (Wildman–Crippen MR) is 88.0 cm³/mol. The molecule has 0 bridgehead atoms. The number of hydrogen-bond donors (Lipinski definition) is 2. The molecule has 2 aromatic rings. The van der Waals surface area contributed by atoms with Crippen molar-refractivity contribution < 1.29 is 4.74 Å². The summed E-state index contributed by atoms with van der Waals surface area (Å²) in [5.74, 6) is 1.78. The molecule has 1 atom stereocenters. The van der Waals surface area contributed by atoms with Crippen LogP contribution < -0.4 is 15.4 Å². The molecule has 1 aromatic heterocycles. The van der Waals surface area contributed by atoms with E-state index in [-0.39, 0.29) is 6.04 Å². The van der Waals surface area contributed by atoms with Gasteiger partial charge in [0, 0.05) is 30.5 Å². The van der Waals surface area contributed by atoms with Crippen LogP contribution in [0.1, 0.15) is 31.9 Å². The van der Waals surface area contributed by atoms with E-state index >= 15 is 0 Å². The van der Waals surface area contributed by atoms with Gasteiger partial charge in [-0.2, -0.15) is 0 Å². The van der Waals surface area contributed by atoms with E-state index in [0.29, 0.717) is 0 Å². The summed E-state index contributed by atoms with van der Waals surface area (Å²) in [4.78, 5) is 4.31. The highest BCUT2D eigenvalue weighted by atomic mass is 16.5. The van der Waals surface area contributed by atoms with Crippen LogP contribution >= 0.6 is 0 Å². The van der Waals surface area contributed by atoms with Crippen LogP contribution in [0.15, 0.2) is 42.6 Å². The Morgan fingerprint density at radius 1 is 1.19 bits per heavy atom. The van der Waals surface area contributed by atoms with E-state index < -0.39 is 0 Å². The summed E-state index contributed by atoms with van der Waals surface area (Å²) in [5.41, 5.74) is 2.28. The lowest BCUT2D eigenvalue weighted by Gasteiger charge is -2.16. The molecule has 0 aliphatic heterocycles. The second-order valence-corrected chi connectivity index (χ2v) is 5.00. The van der Waals surface area contributed by atoms with Crippen LogP contribution in [0.3, 0.4) is 0 Å². The zero-order valence-electron chi connectivity index (χ0n) is 12.9. The van der Waals surface area contributed by atoms with Crippen LogP contribution in [0, 0.1) is 0 Å². The molecule has 0 fully saturated rings. The van der Waals surface area contributed by atoms with Crippen molar-refractivity contribution in [2.45, 2.75) is 26.3 Å². The second-order valence-electron chi connectivity index (χ2n) is 5.00. The highest BCUT2D eigenvalue weighted by Gasteiger charge is 2.06. The highest BCUT2D eigenvalue weighted by Crippen LogP contribution is 2.22. The Morgan fingerprint density at radius 3 is 2.62 bits per heavy atom. The van der Waals surface area contributed by atoms with Crippen LogP contribution in [0.25, 0.3) is 0 Å². The number of ether oxygens (including phenoxy) is 1. The standard InChI is InChI=1S/C17H23N3O/c1-4-10-18-17-12-15(9-11-19-17)20-13(2)14-5-7-16(21-3)8-6-14/h5-9,11-13H,4,10H2,1-3H3,(H2,18,19,20). The largest absolute Gasteiger partial charge is 0.497 e. The van der Waals surface area contributed by atoms with Crippen molar-refractivity contribution in [2.24, 2.45) is 0 Å². The maximum atomic E-state index is 5.18. The maximum absolute atomic E-state index is 5.18. The minimum absolute atomic E-state index is 0.220. The predicted octanol–water partition coefficient (Wildman–Crippen LogP) is 4.09. The Balaban J connectivity index is 2.02. The second kappa shape index (κ2) is 7.53. The Bertz CT molecular complexity index is 554. The average molecular weight is 285 g/mol. The molecule has 1 heterocycles. The minimum Gasteiger partial charge on any atom is -0.497 e. The van der Waals surface area contributed by atoms with Crippen molar-refractivity contribution >= 4 is 11.5 Å². The number of rotatable bonds is 7. The molecule has 4 heteroatoms. The highest BCUT2D eigenvalue weighted by molar-refractivity contribution is 5.53. The van der Waals surface area contributed by atoms with E-state index in [0.717, 1.165) is 30.2 Å². The van der Waals surface area contributed by atoms with E-state index in [2.05, 4.69) is 41.6 Å². The first-order chi connectivity index (χ1) is 10.2. The van der Waals surface area contributed by atoms with Gasteiger partial charge in [0.1, 0.15) is 11.6 Å². The lowest BCUT2D eigenvalue weighted by molar-refractivity contribution is 0.414. The molecule has 0 aliphatic carbocycles. The minimum atomic E-state index is 0.220. The molecular formula is C17H23N3O. The molecule has 4 nitrogen and oxygen atoms in total. The Kier molecular flexibility index (Phi) is 5.43. The van der Waals surface area contributed by atoms with Crippen molar-refractivity contribution in [3.8, 4) is 5.75 Å². The van der Waals surface area contributed by atoms with Gasteiger partial charge in [-0.1, -0.05) is 19.1 Å². The number of hydrogen-bond acceptors (Lipinski definition) is 4. The van der Waals surface area contributed by atoms with Crippen molar-refractivity contribution in [1.82, 2.24) is 4.98 Å². The fourth-order valence-corrected chi connectivity index (χ4v) is 2.10. The van der Waals surface area contributed by atoms with E-state index in [1.54, 1.807) is 7.11 Å². The van der Waals surface area contributed by atoms with Crippen molar-refractivity contribution in [1.29, 1.82) is 0 Å². The summed E-state index contributed by atoms with van der Waals surface area (Å²) in [7, 11) is 1.68. The van der Waals surface area contributed by atoms with E-state index in [9.17, 15) is 0 Å². The quantitative estimate of drug-likeness (QED) is 0.804. The van der Waals surface area contributed by atoms with Gasteiger partial charge < -0.3 is 15.4 Å². The molecule has 0 radical (unpaired) electrons. The summed E-state index contributed by atoms with van der Waals surface area (Å²) in [6.45, 7) is 5.22. The molecule has 112 valence electrons. The van der Waals surface area contributed by atoms with Crippen LogP contribution in [-0.2, 0) is 0 Å². The third-order valence-electron chi connectivity index (χ3n) is 3.32. The number of anilines is 2. The molecule has 0 spiro atoms. The Labute approximate surface area is 126 Å². The van der Waals surface area contributed by atoms with E-state index in [1.165, 1.54) is 5.56 Å². The molecule has 0 saturated heterocycles. The topological polar surface area (TPSA) is 46.2 Å². The fraction of sp³-hybridized carbons (Fsp3) is 0.353. The lowest BCUT2D eigenvalue weighted by Crippen LogP contribution is -2.08. The van der Waals surface area contributed by atoms with Crippen molar-refractivity contribution in [3.63, 3.8) is 0 Å². The van der Waals surface area contributed by atoms with Gasteiger partial charge in [0.25, 0.3) is 0 Å². The molecular weight excluding hydrogens is 262 g/mol. The van der Waals surface area contributed by atoms with E-state index in [1.807, 2.05) is 30.5 Å². The van der Waals surface area contributed by atoms with Crippen LogP contribution in [0.5, 0.6) is 5.75 Å². The summed E-state index contributed by atoms with van der Waals surface area (Å²) in [6.07, 6.45) is 2.91. The number of nitrogens with one attached hydrogen (secondary N) is 2. The summed E-state index contributed by atoms with van der Waals surface area (Å²) in [5, 5.41) is 6.79. The Morgan fingerprint density at radius 2 is 1.95 bits per heavy atom. The van der Waals surface area contributed by atoms with E-state index in [4.69, 9.17) is 4.74 Å². The molecule has 21 heavy (non-hydrogen) atoms. The molecule has 0 amide bonds. The van der Waals surface area contributed by atoms with Gasteiger partial charge in [0.15, 0.2) is 0 Å². The van der Waals surface area contributed by atoms with Gasteiger partial charge in [0.05, 0.1) is 7.11 Å². The van der Waals surface area contributed by atoms with Gasteiger partial charge in [-0.25, -0.2) is 4.98 Å². The number of methoxy groups -OCH3 is 1. The molecule has 1 aromatic carbocycles. The van der Waals surface area contributed by atoms with Gasteiger partial charge in [-0.05, 0) is 37.1 Å². The fourth-order valence-electron chi connectivity index (χ4n) is 2.10. The number of benzene rings is 1. The van der Waals surface area contributed by atoms with Gasteiger partial charge in [-0.3, -0.25) is 0 Å². The zero-order chi connectivity index (χ0) is 15.1. The van der Waals surface area contributed by atoms with Crippen molar-refractivity contribution in [2.75, 3.05) is 24.3 Å². The average Bonchev–Trinajstić information content (AvgIpc) is 2.53. The molecule has 1 unspecified atom stereocenters. The van der Waals surface area contributed by atoms with Crippen LogP contribution in [0.2, 0.25) is 0 Å². The number of nitrogens with zero attached hydrogens (tertiary/aromatic N) is 1. The summed E-state index contributed by atoms with van der Waals surface area (Å²) >= 11 is 0. The molecule has 2 N–H and O–H groups in total. The first-order valence-electron chi connectivity index (χ1n) is 7.33. The summed E-state index contributed by atoms with van der Waals surface area (Å²) in [6, 6.07) is 12.4. The lowest BCUT2D eigenvalue weighted by atomic mass is 10.1.